The minimum Gasteiger partial charge on any atom is -0.295 e. The van der Waals surface area contributed by atoms with Gasteiger partial charge in [0.2, 0.25) is 0 Å². The number of rotatable bonds is 2. The Hall–Kier alpha value is -1.79. The molecule has 0 spiro atoms. The molecule has 5 nitrogen and oxygen atoms in total. The van der Waals surface area contributed by atoms with Crippen molar-refractivity contribution in [2.24, 2.45) is 0 Å². The van der Waals surface area contributed by atoms with E-state index in [-0.39, 0.29) is 16.2 Å². The first-order valence-electron chi connectivity index (χ1n) is 4.76. The van der Waals surface area contributed by atoms with Gasteiger partial charge in [0.25, 0.3) is 10.1 Å². The summed E-state index contributed by atoms with van der Waals surface area (Å²) in [6.45, 7) is 1.32. The molecule has 0 bridgehead atoms. The summed E-state index contributed by atoms with van der Waals surface area (Å²) >= 11 is 0. The fraction of sp³-hybridized carbons (Fsp3) is 0.0909. The third-order valence-electron chi connectivity index (χ3n) is 2.40. The molecule has 2 aromatic rings. The van der Waals surface area contributed by atoms with Gasteiger partial charge < -0.3 is 0 Å². The Labute approximate surface area is 97.9 Å². The predicted molar refractivity (Wildman–Crippen MR) is 61.6 cm³/mol. The Balaban J connectivity index is 2.93. The number of ketones is 1. The van der Waals surface area contributed by atoms with Gasteiger partial charge in [0.15, 0.2) is 5.78 Å². The lowest BCUT2D eigenvalue weighted by molar-refractivity contribution is 0.101. The first-order chi connectivity index (χ1) is 7.89. The van der Waals surface area contributed by atoms with E-state index in [1.165, 1.54) is 31.5 Å². The number of carbonyl (C=O) groups excluding carboxylic acids is 1. The van der Waals surface area contributed by atoms with Crippen molar-refractivity contribution in [2.75, 3.05) is 0 Å². The van der Waals surface area contributed by atoms with E-state index >= 15 is 0 Å². The molecule has 17 heavy (non-hydrogen) atoms. The van der Waals surface area contributed by atoms with Gasteiger partial charge in [-0.15, -0.1) is 0 Å². The Kier molecular flexibility index (Phi) is 2.68. The monoisotopic (exact) mass is 251 g/mol. The minimum absolute atomic E-state index is 0.220. The van der Waals surface area contributed by atoms with Crippen LogP contribution in [0.3, 0.4) is 0 Å². The van der Waals surface area contributed by atoms with E-state index in [0.29, 0.717) is 10.8 Å². The molecule has 0 fully saturated rings. The minimum atomic E-state index is -4.37. The van der Waals surface area contributed by atoms with Crippen LogP contribution in [0, 0.1) is 0 Å². The maximum absolute atomic E-state index is 11.3. The highest BCUT2D eigenvalue weighted by Crippen LogP contribution is 2.24. The van der Waals surface area contributed by atoms with Crippen molar-refractivity contribution in [1.82, 2.24) is 4.98 Å². The smallest absolute Gasteiger partial charge is 0.295 e. The van der Waals surface area contributed by atoms with Crippen molar-refractivity contribution in [2.45, 2.75) is 11.8 Å². The summed E-state index contributed by atoms with van der Waals surface area (Å²) in [7, 11) is -4.37. The Bertz CT molecular complexity index is 706. The highest BCUT2D eigenvalue weighted by Gasteiger charge is 2.16. The van der Waals surface area contributed by atoms with Crippen LogP contribution in [0.2, 0.25) is 0 Å². The summed E-state index contributed by atoms with van der Waals surface area (Å²) in [5.74, 6) is -0.277. The zero-order valence-corrected chi connectivity index (χ0v) is 9.73. The van der Waals surface area contributed by atoms with Gasteiger partial charge >= 0.3 is 0 Å². The van der Waals surface area contributed by atoms with Crippen molar-refractivity contribution in [3.63, 3.8) is 0 Å². The molecule has 0 atom stereocenters. The zero-order chi connectivity index (χ0) is 12.6. The number of hydrogen-bond donors (Lipinski definition) is 1. The third kappa shape index (κ3) is 2.17. The summed E-state index contributed by atoms with van der Waals surface area (Å²) in [4.78, 5) is 14.8. The molecule has 1 N–H and O–H groups in total. The molecule has 0 aliphatic rings. The average molecular weight is 251 g/mol. The Morgan fingerprint density at radius 1 is 1.35 bits per heavy atom. The summed E-state index contributed by atoms with van der Waals surface area (Å²) in [5.41, 5.74) is 0.220. The van der Waals surface area contributed by atoms with Crippen molar-refractivity contribution < 1.29 is 17.8 Å². The van der Waals surface area contributed by atoms with Gasteiger partial charge in [-0.1, -0.05) is 0 Å². The van der Waals surface area contributed by atoms with Gasteiger partial charge in [0, 0.05) is 28.7 Å². The van der Waals surface area contributed by atoms with Gasteiger partial charge in [-0.25, -0.2) is 0 Å². The van der Waals surface area contributed by atoms with E-state index < -0.39 is 10.1 Å². The molecule has 1 aromatic carbocycles. The molecule has 6 heteroatoms. The van der Waals surface area contributed by atoms with Gasteiger partial charge in [-0.2, -0.15) is 8.42 Å². The number of benzene rings is 1. The normalized spacial score (nSPS) is 11.6. The van der Waals surface area contributed by atoms with Crippen molar-refractivity contribution in [1.29, 1.82) is 0 Å². The van der Waals surface area contributed by atoms with E-state index in [1.54, 1.807) is 6.07 Å². The van der Waals surface area contributed by atoms with Gasteiger partial charge in [0.1, 0.15) is 4.90 Å². The van der Waals surface area contributed by atoms with E-state index in [2.05, 4.69) is 4.98 Å². The lowest BCUT2D eigenvalue weighted by atomic mass is 10.1. The van der Waals surface area contributed by atoms with E-state index in [9.17, 15) is 13.2 Å². The van der Waals surface area contributed by atoms with E-state index in [0.717, 1.165) is 0 Å². The van der Waals surface area contributed by atoms with Gasteiger partial charge in [-0.3, -0.25) is 14.3 Å². The molecule has 0 saturated carbocycles. The predicted octanol–water partition coefficient (Wildman–Crippen LogP) is 1.68. The molecule has 1 heterocycles. The fourth-order valence-corrected chi connectivity index (χ4v) is 2.33. The van der Waals surface area contributed by atoms with Crippen LogP contribution in [0.4, 0.5) is 0 Å². The molecule has 0 unspecified atom stereocenters. The standard InChI is InChI=1S/C11H9NO4S/c1-7(13)8-4-9-6-12-3-2-10(9)11(5-8)17(14,15)16/h2-6H,1H3,(H,14,15,16). The van der Waals surface area contributed by atoms with E-state index in [4.69, 9.17) is 4.55 Å². The lowest BCUT2D eigenvalue weighted by Gasteiger charge is -2.05. The van der Waals surface area contributed by atoms with Crippen LogP contribution in [-0.4, -0.2) is 23.7 Å². The van der Waals surface area contributed by atoms with Crippen LogP contribution in [0.25, 0.3) is 10.8 Å². The maximum Gasteiger partial charge on any atom is 0.295 e. The molecule has 2 rings (SSSR count). The quantitative estimate of drug-likeness (QED) is 0.648. The fourth-order valence-electron chi connectivity index (χ4n) is 1.59. The van der Waals surface area contributed by atoms with E-state index in [1.807, 2.05) is 0 Å². The van der Waals surface area contributed by atoms with Crippen LogP contribution in [0.5, 0.6) is 0 Å². The van der Waals surface area contributed by atoms with Crippen molar-refractivity contribution in [3.05, 3.63) is 36.2 Å². The number of carbonyl (C=O) groups is 1. The molecule has 0 radical (unpaired) electrons. The number of Topliss-reactive ketones (excluding diaryl/α,β-unsaturated/α-hetero) is 1. The van der Waals surface area contributed by atoms with Crippen LogP contribution < -0.4 is 0 Å². The maximum atomic E-state index is 11.3. The highest BCUT2D eigenvalue weighted by molar-refractivity contribution is 7.86. The Morgan fingerprint density at radius 3 is 2.65 bits per heavy atom. The van der Waals surface area contributed by atoms with Gasteiger partial charge in [-0.05, 0) is 25.1 Å². The molecule has 0 saturated heterocycles. The number of fused-ring (bicyclic) bond motifs is 1. The van der Waals surface area contributed by atoms with Crippen LogP contribution in [0.15, 0.2) is 35.5 Å². The van der Waals surface area contributed by atoms with Crippen LogP contribution in [0.1, 0.15) is 17.3 Å². The SMILES string of the molecule is CC(=O)c1cc(S(=O)(=O)O)c2ccncc2c1. The summed E-state index contributed by atoms with van der Waals surface area (Å²) in [6.07, 6.45) is 2.86. The first kappa shape index (κ1) is 11.7. The molecule has 0 aliphatic carbocycles. The van der Waals surface area contributed by atoms with Gasteiger partial charge in [0.05, 0.1) is 0 Å². The number of pyridine rings is 1. The summed E-state index contributed by atoms with van der Waals surface area (Å²) < 4.78 is 31.6. The number of nitrogens with zero attached hydrogens (tertiary/aromatic N) is 1. The zero-order valence-electron chi connectivity index (χ0n) is 8.91. The molecule has 1 aromatic heterocycles. The molecule has 0 amide bonds. The summed E-state index contributed by atoms with van der Waals surface area (Å²) in [6, 6.07) is 4.18. The molecule has 88 valence electrons. The summed E-state index contributed by atoms with van der Waals surface area (Å²) in [5, 5.41) is 0.834. The topological polar surface area (TPSA) is 84.3 Å². The van der Waals surface area contributed by atoms with Crippen molar-refractivity contribution in [3.8, 4) is 0 Å². The molecule has 0 aliphatic heterocycles. The number of aromatic nitrogens is 1. The number of hydrogen-bond acceptors (Lipinski definition) is 4. The van der Waals surface area contributed by atoms with Crippen molar-refractivity contribution >= 4 is 26.7 Å². The lowest BCUT2D eigenvalue weighted by Crippen LogP contribution is -2.02. The molecular weight excluding hydrogens is 242 g/mol. The second kappa shape index (κ2) is 3.90. The first-order valence-corrected chi connectivity index (χ1v) is 6.20. The van der Waals surface area contributed by atoms with Crippen LogP contribution >= 0.6 is 0 Å². The average Bonchev–Trinajstić information content (AvgIpc) is 2.26. The third-order valence-corrected chi connectivity index (χ3v) is 3.29. The Morgan fingerprint density at radius 2 is 2.06 bits per heavy atom. The molecular formula is C11H9NO4S. The van der Waals surface area contributed by atoms with Crippen LogP contribution in [-0.2, 0) is 10.1 Å². The second-order valence-electron chi connectivity index (χ2n) is 3.60. The highest BCUT2D eigenvalue weighted by atomic mass is 32.2. The largest absolute Gasteiger partial charge is 0.295 e. The second-order valence-corrected chi connectivity index (χ2v) is 4.99.